The Kier molecular flexibility index (Phi) is 6.46. The summed E-state index contributed by atoms with van der Waals surface area (Å²) in [6.07, 6.45) is -0.750. The summed E-state index contributed by atoms with van der Waals surface area (Å²) in [4.78, 5) is 38.0. The Bertz CT molecular complexity index is 711. The van der Waals surface area contributed by atoms with E-state index in [1.54, 1.807) is 32.6 Å². The summed E-state index contributed by atoms with van der Waals surface area (Å²) in [5.74, 6) is -0.798. The fourth-order valence-electron chi connectivity index (χ4n) is 2.98. The first-order chi connectivity index (χ1) is 12.6. The molecule has 2 atom stereocenters. The summed E-state index contributed by atoms with van der Waals surface area (Å²) >= 11 is 0. The van der Waals surface area contributed by atoms with Crippen LogP contribution in [-0.4, -0.2) is 42.3 Å². The molecular formula is C20H28N2O5. The van der Waals surface area contributed by atoms with Crippen molar-refractivity contribution in [2.75, 3.05) is 11.4 Å². The molecule has 0 spiro atoms. The number of alkyl carbamates (subject to hydrolysis) is 1. The van der Waals surface area contributed by atoms with E-state index in [9.17, 15) is 14.4 Å². The molecule has 2 rings (SSSR count). The first kappa shape index (κ1) is 20.7. The van der Waals surface area contributed by atoms with Crippen LogP contribution in [0.25, 0.3) is 0 Å². The van der Waals surface area contributed by atoms with Crippen molar-refractivity contribution in [2.24, 2.45) is 0 Å². The highest BCUT2D eigenvalue weighted by Crippen LogP contribution is 2.32. The topological polar surface area (TPSA) is 84.9 Å². The van der Waals surface area contributed by atoms with Crippen molar-refractivity contribution in [1.29, 1.82) is 0 Å². The van der Waals surface area contributed by atoms with Crippen molar-refractivity contribution in [3.8, 4) is 0 Å². The molecule has 0 saturated carbocycles. The van der Waals surface area contributed by atoms with Crippen molar-refractivity contribution in [1.82, 2.24) is 5.32 Å². The van der Waals surface area contributed by atoms with Crippen LogP contribution in [0.3, 0.4) is 0 Å². The second-order valence-electron chi connectivity index (χ2n) is 7.70. The van der Waals surface area contributed by atoms with Crippen LogP contribution in [-0.2, 0) is 25.5 Å². The number of fused-ring (bicyclic) bond motifs is 1. The van der Waals surface area contributed by atoms with Crippen LogP contribution >= 0.6 is 0 Å². The van der Waals surface area contributed by atoms with Gasteiger partial charge in [0.2, 0.25) is 0 Å². The zero-order valence-corrected chi connectivity index (χ0v) is 16.6. The number of rotatable bonds is 5. The molecule has 1 heterocycles. The Hall–Kier alpha value is -2.57. The number of carbonyl (C=O) groups is 3. The van der Waals surface area contributed by atoms with Gasteiger partial charge in [-0.2, -0.15) is 0 Å². The number of ether oxygens (including phenoxy) is 2. The molecule has 1 aliphatic heterocycles. The van der Waals surface area contributed by atoms with Gasteiger partial charge < -0.3 is 19.7 Å². The summed E-state index contributed by atoms with van der Waals surface area (Å²) in [6, 6.07) is 7.75. The first-order valence-electron chi connectivity index (χ1n) is 9.16. The molecule has 1 N–H and O–H groups in total. The predicted molar refractivity (Wildman–Crippen MR) is 102 cm³/mol. The molecule has 0 aromatic heterocycles. The Morgan fingerprint density at radius 2 is 1.93 bits per heavy atom. The molecule has 2 amide bonds. The van der Waals surface area contributed by atoms with E-state index in [1.165, 1.54) is 0 Å². The number of hydrogen-bond donors (Lipinski definition) is 1. The van der Waals surface area contributed by atoms with Crippen LogP contribution in [0.2, 0.25) is 0 Å². The lowest BCUT2D eigenvalue weighted by Crippen LogP contribution is -2.43. The molecule has 27 heavy (non-hydrogen) atoms. The molecule has 0 fully saturated rings. The minimum absolute atomic E-state index is 0.0184. The van der Waals surface area contributed by atoms with Crippen molar-refractivity contribution in [2.45, 2.75) is 65.2 Å². The molecule has 0 saturated heterocycles. The van der Waals surface area contributed by atoms with E-state index in [0.29, 0.717) is 0 Å². The number of esters is 1. The number of nitrogens with zero attached hydrogens (tertiary/aromatic N) is 1. The molecule has 0 unspecified atom stereocenters. The highest BCUT2D eigenvalue weighted by molar-refractivity contribution is 5.99. The molecule has 148 valence electrons. The van der Waals surface area contributed by atoms with Crippen LogP contribution in [0, 0.1) is 0 Å². The Morgan fingerprint density at radius 3 is 2.59 bits per heavy atom. The molecule has 0 bridgehead atoms. The van der Waals surface area contributed by atoms with Crippen LogP contribution in [0.4, 0.5) is 10.5 Å². The van der Waals surface area contributed by atoms with Gasteiger partial charge in [-0.3, -0.25) is 9.59 Å². The van der Waals surface area contributed by atoms with E-state index >= 15 is 0 Å². The van der Waals surface area contributed by atoms with Gasteiger partial charge >= 0.3 is 12.1 Å². The van der Waals surface area contributed by atoms with Gasteiger partial charge in [-0.15, -0.1) is 0 Å². The van der Waals surface area contributed by atoms with Gasteiger partial charge in [0, 0.05) is 18.3 Å². The number of hydrogen-bond acceptors (Lipinski definition) is 5. The molecular weight excluding hydrogens is 348 g/mol. The molecule has 0 radical (unpaired) electrons. The third-order valence-electron chi connectivity index (χ3n) is 4.10. The number of para-hydroxylation sites is 1. The lowest BCUT2D eigenvalue weighted by atomic mass is 10.1. The maximum absolute atomic E-state index is 12.8. The zero-order valence-electron chi connectivity index (χ0n) is 16.6. The van der Waals surface area contributed by atoms with Crippen molar-refractivity contribution < 1.29 is 23.9 Å². The Balaban J connectivity index is 1.82. The quantitative estimate of drug-likeness (QED) is 0.799. The second-order valence-corrected chi connectivity index (χ2v) is 7.70. The van der Waals surface area contributed by atoms with Gasteiger partial charge in [-0.05, 0) is 52.7 Å². The number of carbonyl (C=O) groups excluding carboxylic acids is 3. The SMILES string of the molecule is C[C@@H](OC(=O)CCNC(=O)OC(C)(C)C)C(=O)N1c2ccccc2C[C@@H]1C. The average Bonchev–Trinajstić information content (AvgIpc) is 2.88. The van der Waals surface area contributed by atoms with Gasteiger partial charge in [0.15, 0.2) is 6.10 Å². The number of anilines is 1. The van der Waals surface area contributed by atoms with E-state index in [2.05, 4.69) is 5.32 Å². The van der Waals surface area contributed by atoms with E-state index in [0.717, 1.165) is 17.7 Å². The average molecular weight is 376 g/mol. The highest BCUT2D eigenvalue weighted by atomic mass is 16.6. The molecule has 1 aromatic carbocycles. The molecule has 7 nitrogen and oxygen atoms in total. The smallest absolute Gasteiger partial charge is 0.407 e. The fraction of sp³-hybridized carbons (Fsp3) is 0.550. The monoisotopic (exact) mass is 376 g/mol. The van der Waals surface area contributed by atoms with Crippen molar-refractivity contribution >= 4 is 23.7 Å². The van der Waals surface area contributed by atoms with E-state index in [4.69, 9.17) is 9.47 Å². The van der Waals surface area contributed by atoms with Crippen molar-refractivity contribution in [3.63, 3.8) is 0 Å². The highest BCUT2D eigenvalue weighted by Gasteiger charge is 2.34. The number of benzene rings is 1. The summed E-state index contributed by atoms with van der Waals surface area (Å²) in [7, 11) is 0. The van der Waals surface area contributed by atoms with Crippen LogP contribution in [0.5, 0.6) is 0 Å². The Morgan fingerprint density at radius 1 is 1.26 bits per heavy atom. The van der Waals surface area contributed by atoms with Crippen molar-refractivity contribution in [3.05, 3.63) is 29.8 Å². The fourth-order valence-corrected chi connectivity index (χ4v) is 2.98. The third kappa shape index (κ3) is 5.70. The zero-order chi connectivity index (χ0) is 20.2. The summed E-state index contributed by atoms with van der Waals surface area (Å²) in [6.45, 7) is 8.88. The summed E-state index contributed by atoms with van der Waals surface area (Å²) < 4.78 is 10.3. The first-order valence-corrected chi connectivity index (χ1v) is 9.16. The summed E-state index contributed by atoms with van der Waals surface area (Å²) in [5, 5.41) is 2.49. The van der Waals surface area contributed by atoms with E-state index in [1.807, 2.05) is 31.2 Å². The van der Waals surface area contributed by atoms with Gasteiger partial charge in [0.1, 0.15) is 5.60 Å². The lowest BCUT2D eigenvalue weighted by molar-refractivity contribution is -0.153. The minimum Gasteiger partial charge on any atom is -0.452 e. The maximum Gasteiger partial charge on any atom is 0.407 e. The molecule has 1 aliphatic rings. The minimum atomic E-state index is -0.896. The molecule has 7 heteroatoms. The van der Waals surface area contributed by atoms with Gasteiger partial charge in [-0.1, -0.05) is 18.2 Å². The Labute approximate surface area is 160 Å². The number of nitrogens with one attached hydrogen (secondary N) is 1. The number of amides is 2. The van der Waals surface area contributed by atoms with E-state index < -0.39 is 23.8 Å². The maximum atomic E-state index is 12.8. The van der Waals surface area contributed by atoms with Gasteiger partial charge in [-0.25, -0.2) is 4.79 Å². The predicted octanol–water partition coefficient (Wildman–Crippen LogP) is 2.81. The van der Waals surface area contributed by atoms with Crippen LogP contribution < -0.4 is 10.2 Å². The van der Waals surface area contributed by atoms with Gasteiger partial charge in [0.25, 0.3) is 5.91 Å². The third-order valence-corrected chi connectivity index (χ3v) is 4.10. The standard InChI is InChI=1S/C20H28N2O5/c1-13-12-15-8-6-7-9-16(15)22(13)18(24)14(2)26-17(23)10-11-21-19(25)27-20(3,4)5/h6-9,13-14H,10-12H2,1-5H3,(H,21,25)/t13-,14+/m0/s1. The molecule has 0 aliphatic carbocycles. The lowest BCUT2D eigenvalue weighted by Gasteiger charge is -2.26. The summed E-state index contributed by atoms with van der Waals surface area (Å²) in [5.41, 5.74) is 1.37. The molecule has 1 aromatic rings. The second kappa shape index (κ2) is 8.41. The van der Waals surface area contributed by atoms with Crippen LogP contribution in [0.1, 0.15) is 46.6 Å². The van der Waals surface area contributed by atoms with Gasteiger partial charge in [0.05, 0.1) is 6.42 Å². The normalized spacial score (nSPS) is 17.1. The largest absolute Gasteiger partial charge is 0.452 e. The van der Waals surface area contributed by atoms with E-state index in [-0.39, 0.29) is 24.9 Å². The van der Waals surface area contributed by atoms with Crippen LogP contribution in [0.15, 0.2) is 24.3 Å².